The number of azide groups is 1. The third-order valence-corrected chi connectivity index (χ3v) is 2.75. The van der Waals surface area contributed by atoms with E-state index in [1.54, 1.807) is 12.1 Å². The first-order valence-corrected chi connectivity index (χ1v) is 6.12. The summed E-state index contributed by atoms with van der Waals surface area (Å²) < 4.78 is 5.28. The molecule has 1 aromatic carbocycles. The Labute approximate surface area is 116 Å². The van der Waals surface area contributed by atoms with Crippen molar-refractivity contribution in [3.63, 3.8) is 0 Å². The number of carbonyl (C=O) groups is 1. The zero-order valence-corrected chi connectivity index (χ0v) is 11.0. The van der Waals surface area contributed by atoms with E-state index in [0.717, 1.165) is 5.56 Å². The first-order chi connectivity index (χ1) is 9.69. The quantitative estimate of drug-likeness (QED) is 0.512. The molecule has 0 bridgehead atoms. The van der Waals surface area contributed by atoms with Gasteiger partial charge in [0, 0.05) is 11.5 Å². The summed E-state index contributed by atoms with van der Waals surface area (Å²) in [6, 6.07) is 11.1. The number of nitrogens with one attached hydrogen (secondary N) is 1. The van der Waals surface area contributed by atoms with Crippen LogP contribution in [0.2, 0.25) is 0 Å². The van der Waals surface area contributed by atoms with E-state index in [1.807, 2.05) is 31.2 Å². The fourth-order valence-electron chi connectivity index (χ4n) is 1.66. The number of nitrogens with zero attached hydrogens (tertiary/aromatic N) is 3. The second-order valence-corrected chi connectivity index (χ2v) is 4.32. The predicted molar refractivity (Wildman–Crippen MR) is 73.9 cm³/mol. The minimum Gasteiger partial charge on any atom is -0.456 e. The molecule has 1 aromatic heterocycles. The maximum atomic E-state index is 11.9. The first-order valence-electron chi connectivity index (χ1n) is 6.12. The van der Waals surface area contributed by atoms with Gasteiger partial charge in [-0.2, -0.15) is 0 Å². The van der Waals surface area contributed by atoms with E-state index in [4.69, 9.17) is 9.95 Å². The van der Waals surface area contributed by atoms with E-state index in [0.29, 0.717) is 12.3 Å². The molecule has 0 aliphatic heterocycles. The number of rotatable bonds is 5. The zero-order valence-electron chi connectivity index (χ0n) is 11.0. The lowest BCUT2D eigenvalue weighted by Gasteiger charge is -2.03. The minimum atomic E-state index is -0.294. The molecule has 102 valence electrons. The summed E-state index contributed by atoms with van der Waals surface area (Å²) in [5, 5.41) is 6.14. The first kappa shape index (κ1) is 13.7. The summed E-state index contributed by atoms with van der Waals surface area (Å²) >= 11 is 0. The molecular formula is C14H14N4O2. The van der Waals surface area contributed by atoms with E-state index in [1.165, 1.54) is 5.56 Å². The minimum absolute atomic E-state index is 0.0990. The van der Waals surface area contributed by atoms with Crippen molar-refractivity contribution in [3.8, 4) is 0 Å². The number of carbonyl (C=O) groups excluding carboxylic acids is 1. The summed E-state index contributed by atoms with van der Waals surface area (Å²) in [6.45, 7) is 2.55. The SMILES string of the molecule is Cc1ccc(CNC(=O)c2ccc(CN=[N+]=[N-])o2)cc1. The molecule has 1 N–H and O–H groups in total. The lowest BCUT2D eigenvalue weighted by molar-refractivity contribution is 0.0921. The molecule has 0 fully saturated rings. The highest BCUT2D eigenvalue weighted by atomic mass is 16.4. The van der Waals surface area contributed by atoms with Crippen LogP contribution in [0, 0.1) is 6.92 Å². The molecule has 20 heavy (non-hydrogen) atoms. The smallest absolute Gasteiger partial charge is 0.287 e. The largest absolute Gasteiger partial charge is 0.456 e. The van der Waals surface area contributed by atoms with E-state index in [-0.39, 0.29) is 18.2 Å². The normalized spacial score (nSPS) is 9.85. The van der Waals surface area contributed by atoms with Crippen LogP contribution in [0.3, 0.4) is 0 Å². The Kier molecular flexibility index (Phi) is 4.42. The molecule has 6 nitrogen and oxygen atoms in total. The number of benzene rings is 1. The maximum Gasteiger partial charge on any atom is 0.287 e. The Morgan fingerprint density at radius 1 is 1.30 bits per heavy atom. The van der Waals surface area contributed by atoms with Crippen molar-refractivity contribution in [2.24, 2.45) is 5.11 Å². The van der Waals surface area contributed by atoms with Gasteiger partial charge in [-0.1, -0.05) is 34.9 Å². The highest BCUT2D eigenvalue weighted by molar-refractivity contribution is 5.91. The molecule has 1 amide bonds. The standard InChI is InChI=1S/C14H14N4O2/c1-10-2-4-11(5-3-10)8-16-14(19)13-7-6-12(20-13)9-17-18-15/h2-7H,8-9H2,1H3,(H,16,19). The van der Waals surface area contributed by atoms with Crippen molar-refractivity contribution in [1.29, 1.82) is 0 Å². The summed E-state index contributed by atoms with van der Waals surface area (Å²) in [4.78, 5) is 14.5. The van der Waals surface area contributed by atoms with Crippen LogP contribution in [0.25, 0.3) is 10.4 Å². The molecule has 1 heterocycles. The molecule has 0 radical (unpaired) electrons. The zero-order chi connectivity index (χ0) is 14.4. The third kappa shape index (κ3) is 3.63. The van der Waals surface area contributed by atoms with Gasteiger partial charge in [-0.15, -0.1) is 0 Å². The molecule has 0 unspecified atom stereocenters. The number of furan rings is 1. The fraction of sp³-hybridized carbons (Fsp3) is 0.214. The summed E-state index contributed by atoms with van der Waals surface area (Å²) in [7, 11) is 0. The monoisotopic (exact) mass is 270 g/mol. The van der Waals surface area contributed by atoms with Gasteiger partial charge in [0.1, 0.15) is 5.76 Å². The molecule has 0 aliphatic rings. The Balaban J connectivity index is 1.92. The second-order valence-electron chi connectivity index (χ2n) is 4.32. The van der Waals surface area contributed by atoms with Crippen LogP contribution >= 0.6 is 0 Å². The van der Waals surface area contributed by atoms with Gasteiger partial charge in [-0.25, -0.2) is 0 Å². The van der Waals surface area contributed by atoms with Gasteiger partial charge >= 0.3 is 0 Å². The van der Waals surface area contributed by atoms with Gasteiger partial charge < -0.3 is 9.73 Å². The van der Waals surface area contributed by atoms with Crippen molar-refractivity contribution < 1.29 is 9.21 Å². The molecule has 0 saturated carbocycles. The molecule has 0 aliphatic carbocycles. The van der Waals surface area contributed by atoms with Gasteiger partial charge in [-0.05, 0) is 30.2 Å². The molecule has 2 aromatic rings. The Morgan fingerprint density at radius 2 is 2.05 bits per heavy atom. The molecule has 0 spiro atoms. The molecule has 2 rings (SSSR count). The topological polar surface area (TPSA) is 91.0 Å². The van der Waals surface area contributed by atoms with Crippen LogP contribution in [0.15, 0.2) is 45.9 Å². The van der Waals surface area contributed by atoms with E-state index >= 15 is 0 Å². The number of amides is 1. The van der Waals surface area contributed by atoms with Crippen molar-refractivity contribution >= 4 is 5.91 Å². The van der Waals surface area contributed by atoms with Crippen LogP contribution in [-0.4, -0.2) is 5.91 Å². The Bertz CT molecular complexity index is 639. The lowest BCUT2D eigenvalue weighted by atomic mass is 10.1. The summed E-state index contributed by atoms with van der Waals surface area (Å²) in [5.41, 5.74) is 10.4. The van der Waals surface area contributed by atoms with Crippen LogP contribution < -0.4 is 5.32 Å². The van der Waals surface area contributed by atoms with Crippen LogP contribution in [-0.2, 0) is 13.1 Å². The van der Waals surface area contributed by atoms with Crippen molar-refractivity contribution in [2.75, 3.05) is 0 Å². The second kappa shape index (κ2) is 6.45. The average molecular weight is 270 g/mol. The van der Waals surface area contributed by atoms with Crippen LogP contribution in [0.5, 0.6) is 0 Å². The number of hydrogen-bond donors (Lipinski definition) is 1. The van der Waals surface area contributed by atoms with Crippen molar-refractivity contribution in [2.45, 2.75) is 20.0 Å². The Morgan fingerprint density at radius 3 is 2.75 bits per heavy atom. The van der Waals surface area contributed by atoms with Gasteiger partial charge in [0.05, 0.1) is 6.54 Å². The summed E-state index contributed by atoms with van der Waals surface area (Å²) in [6.07, 6.45) is 0. The average Bonchev–Trinajstić information content (AvgIpc) is 2.93. The third-order valence-electron chi connectivity index (χ3n) is 2.75. The van der Waals surface area contributed by atoms with E-state index in [2.05, 4.69) is 15.3 Å². The number of hydrogen-bond acceptors (Lipinski definition) is 3. The van der Waals surface area contributed by atoms with Gasteiger partial charge in [0.25, 0.3) is 5.91 Å². The molecular weight excluding hydrogens is 256 g/mol. The van der Waals surface area contributed by atoms with Crippen molar-refractivity contribution in [3.05, 3.63) is 69.5 Å². The van der Waals surface area contributed by atoms with Gasteiger partial charge in [-0.3, -0.25) is 4.79 Å². The van der Waals surface area contributed by atoms with Crippen molar-refractivity contribution in [1.82, 2.24) is 5.32 Å². The van der Waals surface area contributed by atoms with Crippen LogP contribution in [0.1, 0.15) is 27.4 Å². The number of aryl methyl sites for hydroxylation is 1. The molecule has 0 saturated heterocycles. The molecule has 0 atom stereocenters. The fourth-order valence-corrected chi connectivity index (χ4v) is 1.66. The highest BCUT2D eigenvalue weighted by Crippen LogP contribution is 2.10. The van der Waals surface area contributed by atoms with E-state index in [9.17, 15) is 4.79 Å². The van der Waals surface area contributed by atoms with Crippen LogP contribution in [0.4, 0.5) is 0 Å². The van der Waals surface area contributed by atoms with Gasteiger partial charge in [0.2, 0.25) is 0 Å². The molecule has 6 heteroatoms. The lowest BCUT2D eigenvalue weighted by Crippen LogP contribution is -2.22. The Hall–Kier alpha value is -2.72. The van der Waals surface area contributed by atoms with Gasteiger partial charge in [0.15, 0.2) is 5.76 Å². The highest BCUT2D eigenvalue weighted by Gasteiger charge is 2.10. The van der Waals surface area contributed by atoms with E-state index < -0.39 is 0 Å². The maximum absolute atomic E-state index is 11.9. The summed E-state index contributed by atoms with van der Waals surface area (Å²) in [5.74, 6) is 0.376. The predicted octanol–water partition coefficient (Wildman–Crippen LogP) is 3.33.